The predicted octanol–water partition coefficient (Wildman–Crippen LogP) is 1.54. The maximum atomic E-state index is 13.5. The molecule has 0 aliphatic heterocycles. The van der Waals surface area contributed by atoms with Crippen molar-refractivity contribution < 1.29 is 36.8 Å². The van der Waals surface area contributed by atoms with Gasteiger partial charge in [-0.25, -0.2) is 0 Å². The molecule has 0 aliphatic rings. The lowest BCUT2D eigenvalue weighted by Gasteiger charge is -2.23. The topological polar surface area (TPSA) is 69.6 Å². The van der Waals surface area contributed by atoms with Crippen LogP contribution in [0.2, 0.25) is 0 Å². The number of rotatable bonds is 4. The molecule has 120 valence electrons. The fraction of sp³-hybridized carbons (Fsp3) is 0.250. The van der Waals surface area contributed by atoms with Gasteiger partial charge in [-0.2, -0.15) is 22.0 Å². The van der Waals surface area contributed by atoms with E-state index in [0.717, 1.165) is 0 Å². The monoisotopic (exact) mass is 323 g/mol. The molecule has 0 spiro atoms. The minimum absolute atomic E-state index is 0.128. The Morgan fingerprint density at radius 3 is 2.18 bits per heavy atom. The Labute approximate surface area is 122 Å². The van der Waals surface area contributed by atoms with E-state index in [0.29, 0.717) is 18.2 Å². The van der Waals surface area contributed by atoms with Crippen molar-refractivity contribution in [3.05, 3.63) is 35.9 Å². The normalized spacial score (nSPS) is 12.0. The molecule has 0 fully saturated rings. The molecule has 4 nitrogen and oxygen atoms in total. The fourth-order valence-corrected chi connectivity index (χ4v) is 1.48. The van der Waals surface area contributed by atoms with Crippen LogP contribution in [0.4, 0.5) is 27.6 Å². The van der Waals surface area contributed by atoms with E-state index in [2.05, 4.69) is 6.58 Å². The highest BCUT2D eigenvalue weighted by Crippen LogP contribution is 2.46. The van der Waals surface area contributed by atoms with E-state index in [1.54, 1.807) is 0 Å². The molecule has 0 unspecified atom stereocenters. The molecule has 0 aliphatic carbocycles. The molecule has 0 bridgehead atoms. The van der Waals surface area contributed by atoms with Crippen LogP contribution in [0.5, 0.6) is 0 Å². The van der Waals surface area contributed by atoms with Gasteiger partial charge in [-0.3, -0.25) is 4.79 Å². The number of carbonyl (C=O) groups is 1. The maximum absolute atomic E-state index is 13.5. The van der Waals surface area contributed by atoms with E-state index < -0.39 is 36.4 Å². The van der Waals surface area contributed by atoms with Crippen molar-refractivity contribution in [1.82, 2.24) is 0 Å². The fourth-order valence-electron chi connectivity index (χ4n) is 1.48. The Morgan fingerprint density at radius 2 is 1.77 bits per heavy atom. The standard InChI is InChI=1S/C12H11BF5NO3/c1-6(2)10(20)19-9-5-7(13(21)22)3-4-8(9)11(14,15)12(16,17)18/h3-5,21-22H,1H2,2H3,(H,19,20). The summed E-state index contributed by atoms with van der Waals surface area (Å²) in [6, 6.07) is 1.69. The molecule has 3 N–H and O–H groups in total. The SMILES string of the molecule is C=C(C)C(=O)Nc1cc(B(O)O)ccc1C(F)(F)C(F)(F)F. The van der Waals surface area contributed by atoms with Gasteiger partial charge in [0.05, 0.1) is 11.3 Å². The Balaban J connectivity index is 3.44. The van der Waals surface area contributed by atoms with Gasteiger partial charge in [0.15, 0.2) is 0 Å². The molecule has 1 aromatic rings. The first kappa shape index (κ1) is 18.1. The molecule has 1 rings (SSSR count). The number of hydrogen-bond acceptors (Lipinski definition) is 3. The lowest BCUT2D eigenvalue weighted by molar-refractivity contribution is -0.289. The number of amides is 1. The summed E-state index contributed by atoms with van der Waals surface area (Å²) in [6.07, 6.45) is -5.88. The van der Waals surface area contributed by atoms with Gasteiger partial charge < -0.3 is 15.4 Å². The van der Waals surface area contributed by atoms with E-state index >= 15 is 0 Å². The number of benzene rings is 1. The van der Waals surface area contributed by atoms with Crippen LogP contribution in [0.1, 0.15) is 12.5 Å². The molecule has 0 atom stereocenters. The van der Waals surface area contributed by atoms with Crippen LogP contribution in [0.3, 0.4) is 0 Å². The third kappa shape index (κ3) is 3.63. The third-order valence-corrected chi connectivity index (χ3v) is 2.67. The Kier molecular flexibility index (Phi) is 4.98. The number of nitrogens with one attached hydrogen (secondary N) is 1. The van der Waals surface area contributed by atoms with Gasteiger partial charge in [0.25, 0.3) is 5.91 Å². The summed E-state index contributed by atoms with van der Waals surface area (Å²) in [5.41, 5.74) is -2.89. The van der Waals surface area contributed by atoms with Crippen molar-refractivity contribution in [3.63, 3.8) is 0 Å². The molecule has 1 amide bonds. The lowest BCUT2D eigenvalue weighted by atomic mass is 9.79. The molecule has 1 aromatic carbocycles. The first-order chi connectivity index (χ1) is 9.87. The Bertz CT molecular complexity index is 601. The van der Waals surface area contributed by atoms with Crippen molar-refractivity contribution in [1.29, 1.82) is 0 Å². The average Bonchev–Trinajstić information content (AvgIpc) is 2.36. The number of halogens is 5. The second kappa shape index (κ2) is 6.05. The highest BCUT2D eigenvalue weighted by molar-refractivity contribution is 6.58. The van der Waals surface area contributed by atoms with Crippen LogP contribution >= 0.6 is 0 Å². The van der Waals surface area contributed by atoms with Crippen LogP contribution in [0, 0.1) is 0 Å². The predicted molar refractivity (Wildman–Crippen MR) is 69.7 cm³/mol. The van der Waals surface area contributed by atoms with Crippen LogP contribution in [0.15, 0.2) is 30.4 Å². The molecule has 22 heavy (non-hydrogen) atoms. The molecule has 10 heteroatoms. The smallest absolute Gasteiger partial charge is 0.423 e. The van der Waals surface area contributed by atoms with Crippen molar-refractivity contribution >= 4 is 24.2 Å². The zero-order valence-corrected chi connectivity index (χ0v) is 11.2. The summed E-state index contributed by atoms with van der Waals surface area (Å²) in [7, 11) is -2.10. The second-order valence-corrected chi connectivity index (χ2v) is 4.49. The van der Waals surface area contributed by atoms with Crippen molar-refractivity contribution in [2.45, 2.75) is 19.0 Å². The van der Waals surface area contributed by atoms with Gasteiger partial charge >= 0.3 is 19.2 Å². The maximum Gasteiger partial charge on any atom is 0.488 e. The highest BCUT2D eigenvalue weighted by Gasteiger charge is 2.59. The zero-order chi connectivity index (χ0) is 17.3. The first-order valence-electron chi connectivity index (χ1n) is 5.80. The largest absolute Gasteiger partial charge is 0.488 e. The molecule has 0 saturated carbocycles. The molecular weight excluding hydrogens is 312 g/mol. The van der Waals surface area contributed by atoms with Crippen molar-refractivity contribution in [3.8, 4) is 0 Å². The van der Waals surface area contributed by atoms with E-state index in [1.807, 2.05) is 5.32 Å². The summed E-state index contributed by atoms with van der Waals surface area (Å²) >= 11 is 0. The summed E-state index contributed by atoms with van der Waals surface area (Å²) in [4.78, 5) is 11.5. The second-order valence-electron chi connectivity index (χ2n) is 4.49. The summed E-state index contributed by atoms with van der Waals surface area (Å²) in [5, 5.41) is 19.8. The molecular formula is C12H11BF5NO3. The number of hydrogen-bond donors (Lipinski definition) is 3. The minimum atomic E-state index is -5.88. The van der Waals surface area contributed by atoms with Crippen LogP contribution in [-0.2, 0) is 10.7 Å². The minimum Gasteiger partial charge on any atom is -0.423 e. The van der Waals surface area contributed by atoms with Gasteiger partial charge in [-0.15, -0.1) is 0 Å². The highest BCUT2D eigenvalue weighted by atomic mass is 19.4. The van der Waals surface area contributed by atoms with Gasteiger partial charge in [0.1, 0.15) is 0 Å². The van der Waals surface area contributed by atoms with Crippen LogP contribution in [0.25, 0.3) is 0 Å². The van der Waals surface area contributed by atoms with Crippen LogP contribution in [-0.4, -0.2) is 29.2 Å². The van der Waals surface area contributed by atoms with Crippen molar-refractivity contribution in [2.24, 2.45) is 0 Å². The van der Waals surface area contributed by atoms with E-state index in [-0.39, 0.29) is 11.0 Å². The summed E-state index contributed by atoms with van der Waals surface area (Å²) < 4.78 is 64.4. The Hall–Kier alpha value is -1.94. The van der Waals surface area contributed by atoms with Gasteiger partial charge in [0, 0.05) is 5.57 Å². The molecule has 0 aromatic heterocycles. The lowest BCUT2D eigenvalue weighted by Crippen LogP contribution is -2.36. The zero-order valence-electron chi connectivity index (χ0n) is 11.2. The van der Waals surface area contributed by atoms with Crippen molar-refractivity contribution in [2.75, 3.05) is 5.32 Å². The summed E-state index contributed by atoms with van der Waals surface area (Å²) in [5.74, 6) is -6.22. The summed E-state index contributed by atoms with van der Waals surface area (Å²) in [6.45, 7) is 4.45. The Morgan fingerprint density at radius 1 is 1.23 bits per heavy atom. The molecule has 0 heterocycles. The van der Waals surface area contributed by atoms with Crippen LogP contribution < -0.4 is 10.8 Å². The number of carbonyl (C=O) groups excluding carboxylic acids is 1. The first-order valence-corrected chi connectivity index (χ1v) is 5.80. The number of alkyl halides is 5. The van der Waals surface area contributed by atoms with Gasteiger partial charge in [-0.05, 0) is 18.5 Å². The average molecular weight is 323 g/mol. The van der Waals surface area contributed by atoms with Gasteiger partial charge in [0.2, 0.25) is 0 Å². The quantitative estimate of drug-likeness (QED) is 0.447. The molecule has 0 radical (unpaired) electrons. The van der Waals surface area contributed by atoms with E-state index in [9.17, 15) is 26.7 Å². The van der Waals surface area contributed by atoms with E-state index in [1.165, 1.54) is 6.92 Å². The van der Waals surface area contributed by atoms with E-state index in [4.69, 9.17) is 10.0 Å². The molecule has 0 saturated heterocycles. The third-order valence-electron chi connectivity index (χ3n) is 2.67. The number of anilines is 1. The van der Waals surface area contributed by atoms with Gasteiger partial charge in [-0.1, -0.05) is 18.7 Å².